The van der Waals surface area contributed by atoms with Gasteiger partial charge in [0.15, 0.2) is 0 Å². The van der Waals surface area contributed by atoms with Gasteiger partial charge in [0.2, 0.25) is 0 Å². The molecular weight excluding hydrogens is 481 g/mol. The average molecular weight is 518 g/mol. The van der Waals surface area contributed by atoms with Gasteiger partial charge in [-0.25, -0.2) is 4.39 Å². The number of nitrogens with zero attached hydrogens (tertiary/aromatic N) is 4. The van der Waals surface area contributed by atoms with Crippen molar-refractivity contribution in [3.8, 4) is 5.75 Å². The maximum atomic E-state index is 13.5. The predicted molar refractivity (Wildman–Crippen MR) is 152 cm³/mol. The number of rotatable bonds is 10. The third-order valence-electron chi connectivity index (χ3n) is 5.93. The third-order valence-corrected chi connectivity index (χ3v) is 5.93. The molecule has 0 aliphatic carbocycles. The molecule has 1 N–H and O–H groups in total. The van der Waals surface area contributed by atoms with Crippen LogP contribution in [0.1, 0.15) is 18.9 Å². The lowest BCUT2D eigenvalue weighted by Crippen LogP contribution is -2.42. The molecule has 4 rings (SSSR count). The number of hydrogen-bond donors (Lipinski definition) is 1. The zero-order valence-electron chi connectivity index (χ0n) is 21.9. The number of nitrogens with one attached hydrogen (secondary N) is 1. The van der Waals surface area contributed by atoms with E-state index in [1.165, 1.54) is 12.1 Å². The van der Waals surface area contributed by atoms with Crippen molar-refractivity contribution in [1.29, 1.82) is 0 Å². The number of allylic oxidation sites excluding steroid dienone is 2. The Balaban J connectivity index is 0.00000127. The van der Waals surface area contributed by atoms with Crippen LogP contribution in [0.2, 0.25) is 0 Å². The van der Waals surface area contributed by atoms with E-state index in [1.807, 2.05) is 43.5 Å². The summed E-state index contributed by atoms with van der Waals surface area (Å²) in [5, 5.41) is 3.48. The molecule has 8 heteroatoms. The molecule has 200 valence electrons. The van der Waals surface area contributed by atoms with Crippen molar-refractivity contribution in [1.82, 2.24) is 15.1 Å². The average Bonchev–Trinajstić information content (AvgIpc) is 3.38. The van der Waals surface area contributed by atoms with Gasteiger partial charge in [-0.1, -0.05) is 36.4 Å². The molecule has 1 fully saturated rings. The van der Waals surface area contributed by atoms with Crippen LogP contribution in [0.25, 0.3) is 0 Å². The highest BCUT2D eigenvalue weighted by molar-refractivity contribution is 5.93. The van der Waals surface area contributed by atoms with Crippen LogP contribution in [-0.4, -0.2) is 67.1 Å². The molecule has 2 aromatic carbocycles. The van der Waals surface area contributed by atoms with E-state index in [-0.39, 0.29) is 29.6 Å². The van der Waals surface area contributed by atoms with Crippen LogP contribution in [0.5, 0.6) is 5.75 Å². The lowest BCUT2D eigenvalue weighted by atomic mass is 10.1. The second-order valence-electron chi connectivity index (χ2n) is 8.93. The number of halogens is 1. The van der Waals surface area contributed by atoms with Gasteiger partial charge < -0.3 is 19.9 Å². The SMILES string of the molecule is C=CC.C=N/C(=C\N1C=CC=NC1)C(=O)N(CCc1ccc(F)cc1)CC1CC(Oc2ccccc2)CN1. The largest absolute Gasteiger partial charge is 0.489 e. The molecule has 0 bridgehead atoms. The van der Waals surface area contributed by atoms with E-state index in [9.17, 15) is 9.18 Å². The molecule has 2 heterocycles. The molecule has 0 aromatic heterocycles. The molecule has 0 spiro atoms. The normalized spacial score (nSPS) is 18.4. The summed E-state index contributed by atoms with van der Waals surface area (Å²) >= 11 is 0. The Bertz CT molecular complexity index is 1130. The van der Waals surface area contributed by atoms with Gasteiger partial charge in [-0.05, 0) is 56.0 Å². The minimum Gasteiger partial charge on any atom is -0.489 e. The summed E-state index contributed by atoms with van der Waals surface area (Å²) in [5.41, 5.74) is 1.21. The number of carbonyl (C=O) groups excluding carboxylic acids is 1. The van der Waals surface area contributed by atoms with Gasteiger partial charge in [0.1, 0.15) is 30.0 Å². The summed E-state index contributed by atoms with van der Waals surface area (Å²) < 4.78 is 19.4. The number of hydrogen-bond acceptors (Lipinski definition) is 6. The summed E-state index contributed by atoms with van der Waals surface area (Å²) in [7, 11) is 0. The Morgan fingerprint density at radius 1 is 1.26 bits per heavy atom. The molecule has 2 aliphatic rings. The van der Waals surface area contributed by atoms with Gasteiger partial charge in [-0.3, -0.25) is 14.8 Å². The number of amides is 1. The second-order valence-corrected chi connectivity index (χ2v) is 8.93. The van der Waals surface area contributed by atoms with Gasteiger partial charge in [0.05, 0.1) is 0 Å². The first-order chi connectivity index (χ1) is 18.5. The second kappa shape index (κ2) is 15.3. The van der Waals surface area contributed by atoms with Gasteiger partial charge in [-0.2, -0.15) is 0 Å². The third kappa shape index (κ3) is 9.12. The summed E-state index contributed by atoms with van der Waals surface area (Å²) in [6.07, 6.45) is 10.2. The lowest BCUT2D eigenvalue weighted by Gasteiger charge is -2.27. The summed E-state index contributed by atoms with van der Waals surface area (Å²) in [6, 6.07) is 16.2. The smallest absolute Gasteiger partial charge is 0.274 e. The van der Waals surface area contributed by atoms with E-state index in [0.717, 1.165) is 17.7 Å². The Hall–Kier alpha value is -4.04. The number of carbonyl (C=O) groups is 1. The minimum atomic E-state index is -0.278. The fourth-order valence-corrected chi connectivity index (χ4v) is 4.12. The van der Waals surface area contributed by atoms with E-state index in [4.69, 9.17) is 4.74 Å². The monoisotopic (exact) mass is 517 g/mol. The zero-order valence-corrected chi connectivity index (χ0v) is 21.9. The van der Waals surface area contributed by atoms with Crippen molar-refractivity contribution in [2.75, 3.05) is 26.3 Å². The minimum absolute atomic E-state index is 0.0281. The maximum absolute atomic E-state index is 13.5. The molecule has 7 nitrogen and oxygen atoms in total. The van der Waals surface area contributed by atoms with Crippen LogP contribution >= 0.6 is 0 Å². The maximum Gasteiger partial charge on any atom is 0.274 e. The van der Waals surface area contributed by atoms with Crippen molar-refractivity contribution < 1.29 is 13.9 Å². The lowest BCUT2D eigenvalue weighted by molar-refractivity contribution is -0.127. The summed E-state index contributed by atoms with van der Waals surface area (Å²) in [4.78, 5) is 25.3. The molecule has 2 aromatic rings. The number of para-hydroxylation sites is 1. The molecule has 1 amide bonds. The van der Waals surface area contributed by atoms with Crippen LogP contribution < -0.4 is 10.1 Å². The van der Waals surface area contributed by atoms with Crippen molar-refractivity contribution >= 4 is 18.8 Å². The summed E-state index contributed by atoms with van der Waals surface area (Å²) in [6.45, 7) is 11.0. The van der Waals surface area contributed by atoms with Crippen molar-refractivity contribution in [3.05, 3.63) is 103 Å². The van der Waals surface area contributed by atoms with Gasteiger partial charge >= 0.3 is 0 Å². The molecule has 38 heavy (non-hydrogen) atoms. The number of benzene rings is 2. The highest BCUT2D eigenvalue weighted by atomic mass is 19.1. The van der Waals surface area contributed by atoms with Gasteiger partial charge in [0, 0.05) is 50.7 Å². The molecule has 0 saturated carbocycles. The Morgan fingerprint density at radius 3 is 2.66 bits per heavy atom. The topological polar surface area (TPSA) is 69.5 Å². The number of aliphatic imine (C=N–C) groups is 2. The van der Waals surface area contributed by atoms with Crippen LogP contribution in [0.4, 0.5) is 4.39 Å². The Labute approximate surface area is 224 Å². The van der Waals surface area contributed by atoms with Crippen molar-refractivity contribution in [2.24, 2.45) is 9.98 Å². The Kier molecular flexibility index (Phi) is 11.5. The molecule has 1 saturated heterocycles. The van der Waals surface area contributed by atoms with Crippen LogP contribution in [0.15, 0.2) is 101 Å². The van der Waals surface area contributed by atoms with Crippen LogP contribution in [0.3, 0.4) is 0 Å². The Morgan fingerprint density at radius 2 is 2.00 bits per heavy atom. The van der Waals surface area contributed by atoms with Crippen molar-refractivity contribution in [3.63, 3.8) is 0 Å². The predicted octanol–water partition coefficient (Wildman–Crippen LogP) is 4.60. The molecule has 2 unspecified atom stereocenters. The number of ether oxygens (including phenoxy) is 1. The standard InChI is InChI=1S/C27H30FN5O2.C3H6/c1-29-26(19-32-14-5-13-30-20-32)27(34)33(15-12-21-8-10-22(28)11-9-21)18-23-16-25(17-31-23)35-24-6-3-2-4-7-24;1-3-2/h2-11,13-14,19,23,25,31H,1,12,15-18,20H2;3H,1H2,2H3/b26-19-;. The van der Waals surface area contributed by atoms with Crippen LogP contribution in [0, 0.1) is 5.82 Å². The molecule has 0 radical (unpaired) electrons. The van der Waals surface area contributed by atoms with Gasteiger partial charge in [-0.15, -0.1) is 6.58 Å². The quantitative estimate of drug-likeness (QED) is 0.284. The fourth-order valence-electron chi connectivity index (χ4n) is 4.12. The molecule has 2 aliphatic heterocycles. The fraction of sp³-hybridized carbons (Fsp3) is 0.300. The van der Waals surface area contributed by atoms with E-state index >= 15 is 0 Å². The van der Waals surface area contributed by atoms with Crippen LogP contribution in [-0.2, 0) is 11.2 Å². The van der Waals surface area contributed by atoms with Crippen molar-refractivity contribution in [2.45, 2.75) is 31.9 Å². The van der Waals surface area contributed by atoms with E-state index in [1.54, 1.807) is 46.5 Å². The van der Waals surface area contributed by atoms with E-state index in [0.29, 0.717) is 32.7 Å². The summed E-state index contributed by atoms with van der Waals surface area (Å²) in [5.74, 6) is 0.349. The molecular formula is C30H36FN5O2. The van der Waals surface area contributed by atoms with E-state index < -0.39 is 0 Å². The van der Waals surface area contributed by atoms with Gasteiger partial charge in [0.25, 0.3) is 5.91 Å². The zero-order chi connectivity index (χ0) is 27.2. The highest BCUT2D eigenvalue weighted by Crippen LogP contribution is 2.19. The molecule has 2 atom stereocenters. The first-order valence-corrected chi connectivity index (χ1v) is 12.7. The first kappa shape index (κ1) is 28.5. The highest BCUT2D eigenvalue weighted by Gasteiger charge is 2.29. The first-order valence-electron chi connectivity index (χ1n) is 12.7. The van der Waals surface area contributed by atoms with E-state index in [2.05, 4.69) is 28.6 Å².